The minimum absolute atomic E-state index is 0.00885. The zero-order valence-electron chi connectivity index (χ0n) is 16.3. The number of carbonyl (C=O) groups excluding carboxylic acids is 2. The quantitative estimate of drug-likeness (QED) is 0.738. The maximum absolute atomic E-state index is 12.9. The number of benzene rings is 2. The van der Waals surface area contributed by atoms with Crippen molar-refractivity contribution < 1.29 is 23.1 Å². The molecule has 0 atom stereocenters. The number of nitrogens with one attached hydrogen (secondary N) is 1. The van der Waals surface area contributed by atoms with Crippen molar-refractivity contribution in [2.45, 2.75) is 18.7 Å². The summed E-state index contributed by atoms with van der Waals surface area (Å²) in [7, 11) is -3.79. The van der Waals surface area contributed by atoms with Gasteiger partial charge >= 0.3 is 0 Å². The molecule has 0 aliphatic carbocycles. The van der Waals surface area contributed by atoms with Crippen LogP contribution in [-0.2, 0) is 14.8 Å². The Labute approximate surface area is 169 Å². The lowest BCUT2D eigenvalue weighted by atomic mass is 10.2. The van der Waals surface area contributed by atoms with E-state index in [0.29, 0.717) is 13.1 Å². The van der Waals surface area contributed by atoms with Gasteiger partial charge in [0.1, 0.15) is 5.75 Å². The monoisotopic (exact) mass is 417 g/mol. The lowest BCUT2D eigenvalue weighted by Crippen LogP contribution is -2.49. The molecule has 0 spiro atoms. The van der Waals surface area contributed by atoms with Crippen molar-refractivity contribution >= 4 is 27.5 Å². The van der Waals surface area contributed by atoms with Crippen molar-refractivity contribution in [2.75, 3.05) is 31.5 Å². The Bertz CT molecular complexity index is 1040. The number of piperazine rings is 1. The van der Waals surface area contributed by atoms with Crippen LogP contribution in [0.15, 0.2) is 47.4 Å². The van der Waals surface area contributed by atoms with Gasteiger partial charge in [-0.1, -0.05) is 12.1 Å². The van der Waals surface area contributed by atoms with E-state index in [9.17, 15) is 23.1 Å². The van der Waals surface area contributed by atoms with Gasteiger partial charge in [-0.3, -0.25) is 9.59 Å². The van der Waals surface area contributed by atoms with E-state index in [4.69, 9.17) is 0 Å². The van der Waals surface area contributed by atoms with E-state index >= 15 is 0 Å². The van der Waals surface area contributed by atoms with Crippen LogP contribution >= 0.6 is 0 Å². The predicted octanol–water partition coefficient (Wildman–Crippen LogP) is 1.81. The van der Waals surface area contributed by atoms with Gasteiger partial charge in [0, 0.05) is 38.7 Å². The van der Waals surface area contributed by atoms with Gasteiger partial charge in [0.2, 0.25) is 15.9 Å². The zero-order valence-corrected chi connectivity index (χ0v) is 17.1. The smallest absolute Gasteiger partial charge is 0.255 e. The van der Waals surface area contributed by atoms with Crippen LogP contribution in [0, 0.1) is 6.92 Å². The number of phenolic OH excluding ortho intramolecular Hbond substituents is 1. The summed E-state index contributed by atoms with van der Waals surface area (Å²) in [6, 6.07) is 10.6. The van der Waals surface area contributed by atoms with Crippen LogP contribution < -0.4 is 5.32 Å². The molecule has 1 fully saturated rings. The average Bonchev–Trinajstić information content (AvgIpc) is 2.70. The molecule has 2 aromatic carbocycles. The first kappa shape index (κ1) is 20.8. The molecular weight excluding hydrogens is 394 g/mol. The second kappa shape index (κ2) is 8.22. The number of carbonyl (C=O) groups is 2. The third kappa shape index (κ3) is 4.57. The van der Waals surface area contributed by atoms with E-state index < -0.39 is 15.9 Å². The topological polar surface area (TPSA) is 107 Å². The number of hydrogen-bond acceptors (Lipinski definition) is 5. The molecule has 1 aliphatic rings. The highest BCUT2D eigenvalue weighted by Gasteiger charge is 2.29. The van der Waals surface area contributed by atoms with Gasteiger partial charge in [0.25, 0.3) is 5.91 Å². The highest BCUT2D eigenvalue weighted by molar-refractivity contribution is 7.89. The van der Waals surface area contributed by atoms with Gasteiger partial charge in [-0.15, -0.1) is 0 Å². The Morgan fingerprint density at radius 3 is 2.34 bits per heavy atom. The number of nitrogens with zero attached hydrogens (tertiary/aromatic N) is 2. The molecule has 2 N–H and O–H groups in total. The van der Waals surface area contributed by atoms with Crippen molar-refractivity contribution in [3.05, 3.63) is 53.6 Å². The fraction of sp³-hybridized carbons (Fsp3) is 0.300. The summed E-state index contributed by atoms with van der Waals surface area (Å²) in [5.41, 5.74) is 1.25. The Hall–Kier alpha value is -2.91. The van der Waals surface area contributed by atoms with Crippen LogP contribution in [0.5, 0.6) is 5.75 Å². The third-order valence-electron chi connectivity index (χ3n) is 4.82. The van der Waals surface area contributed by atoms with Gasteiger partial charge in [0.05, 0.1) is 10.6 Å². The maximum atomic E-state index is 12.9. The summed E-state index contributed by atoms with van der Waals surface area (Å²) < 4.78 is 27.2. The Morgan fingerprint density at radius 2 is 1.72 bits per heavy atom. The molecule has 0 aromatic heterocycles. The number of hydrogen-bond donors (Lipinski definition) is 2. The number of sulfonamides is 1. The molecule has 2 amide bonds. The summed E-state index contributed by atoms with van der Waals surface area (Å²) in [5, 5.41) is 12.5. The maximum Gasteiger partial charge on any atom is 0.255 e. The second-order valence-electron chi connectivity index (χ2n) is 6.91. The molecule has 3 rings (SSSR count). The molecule has 1 aliphatic heterocycles. The molecule has 0 bridgehead atoms. The van der Waals surface area contributed by atoms with Crippen molar-refractivity contribution in [1.82, 2.24) is 9.21 Å². The van der Waals surface area contributed by atoms with Gasteiger partial charge in [-0.2, -0.15) is 4.31 Å². The number of aryl methyl sites for hydroxylation is 1. The van der Waals surface area contributed by atoms with Gasteiger partial charge < -0.3 is 15.3 Å². The highest BCUT2D eigenvalue weighted by atomic mass is 32.2. The standard InChI is InChI=1S/C20H23N3O5S/c1-14-6-7-18(19(25)12-14)21-20(26)16-4-3-5-17(13-16)29(27,28)23-10-8-22(9-11-23)15(2)24/h3-7,12-13,25H,8-11H2,1-2H3,(H,21,26). The number of aromatic hydroxyl groups is 1. The average molecular weight is 417 g/mol. The number of phenols is 1. The fourth-order valence-corrected chi connectivity index (χ4v) is 4.60. The first-order chi connectivity index (χ1) is 13.7. The van der Waals surface area contributed by atoms with Gasteiger partial charge in [-0.25, -0.2) is 8.42 Å². The molecule has 0 unspecified atom stereocenters. The summed E-state index contributed by atoms with van der Waals surface area (Å²) in [4.78, 5) is 25.6. The molecule has 154 valence electrons. The normalized spacial score (nSPS) is 15.2. The zero-order chi connectivity index (χ0) is 21.2. The van der Waals surface area contributed by atoms with Crippen LogP contribution in [0.25, 0.3) is 0 Å². The molecule has 0 saturated carbocycles. The van der Waals surface area contributed by atoms with Crippen LogP contribution in [0.2, 0.25) is 0 Å². The number of amides is 2. The molecule has 9 heteroatoms. The highest BCUT2D eigenvalue weighted by Crippen LogP contribution is 2.25. The molecule has 29 heavy (non-hydrogen) atoms. The SMILES string of the molecule is CC(=O)N1CCN(S(=O)(=O)c2cccc(C(=O)Nc3ccc(C)cc3O)c2)CC1. The third-order valence-corrected chi connectivity index (χ3v) is 6.71. The van der Waals surface area contributed by atoms with Gasteiger partial charge in [0.15, 0.2) is 0 Å². The Kier molecular flexibility index (Phi) is 5.90. The van der Waals surface area contributed by atoms with E-state index in [0.717, 1.165) is 5.56 Å². The molecule has 1 heterocycles. The van der Waals surface area contributed by atoms with Crippen LogP contribution in [0.3, 0.4) is 0 Å². The van der Waals surface area contributed by atoms with Crippen LogP contribution in [-0.4, -0.2) is 60.7 Å². The minimum atomic E-state index is -3.79. The minimum Gasteiger partial charge on any atom is -0.506 e. The van der Waals surface area contributed by atoms with E-state index in [1.165, 1.54) is 41.6 Å². The first-order valence-electron chi connectivity index (χ1n) is 9.15. The summed E-state index contributed by atoms with van der Waals surface area (Å²) >= 11 is 0. The first-order valence-corrected chi connectivity index (χ1v) is 10.6. The largest absolute Gasteiger partial charge is 0.506 e. The fourth-order valence-electron chi connectivity index (χ4n) is 3.13. The molecule has 8 nitrogen and oxygen atoms in total. The van der Waals surface area contributed by atoms with Crippen molar-refractivity contribution in [3.8, 4) is 5.75 Å². The van der Waals surface area contributed by atoms with Crippen LogP contribution in [0.1, 0.15) is 22.8 Å². The van der Waals surface area contributed by atoms with E-state index in [1.807, 2.05) is 6.92 Å². The van der Waals surface area contributed by atoms with Crippen LogP contribution in [0.4, 0.5) is 5.69 Å². The van der Waals surface area contributed by atoms with Crippen molar-refractivity contribution in [3.63, 3.8) is 0 Å². The van der Waals surface area contributed by atoms with E-state index in [2.05, 4.69) is 5.32 Å². The summed E-state index contributed by atoms with van der Waals surface area (Å²) in [6.45, 7) is 4.35. The Morgan fingerprint density at radius 1 is 1.03 bits per heavy atom. The predicted molar refractivity (Wildman–Crippen MR) is 108 cm³/mol. The molecule has 1 saturated heterocycles. The molecular formula is C20H23N3O5S. The lowest BCUT2D eigenvalue weighted by Gasteiger charge is -2.33. The molecule has 0 radical (unpaired) electrons. The summed E-state index contributed by atoms with van der Waals surface area (Å²) in [6.07, 6.45) is 0. The Balaban J connectivity index is 1.78. The van der Waals surface area contributed by atoms with Crippen molar-refractivity contribution in [2.24, 2.45) is 0 Å². The second-order valence-corrected chi connectivity index (χ2v) is 8.85. The van der Waals surface area contributed by atoms with Gasteiger partial charge in [-0.05, 0) is 42.8 Å². The number of rotatable bonds is 4. The van der Waals surface area contributed by atoms with E-state index in [1.54, 1.807) is 17.0 Å². The summed E-state index contributed by atoms with van der Waals surface area (Å²) in [5.74, 6) is -0.673. The van der Waals surface area contributed by atoms with E-state index in [-0.39, 0.29) is 40.9 Å². The molecule has 2 aromatic rings. The lowest BCUT2D eigenvalue weighted by molar-refractivity contribution is -0.129. The van der Waals surface area contributed by atoms with Crippen molar-refractivity contribution in [1.29, 1.82) is 0 Å². The number of anilines is 1.